The first-order chi connectivity index (χ1) is 13.2. The van der Waals surface area contributed by atoms with Crippen LogP contribution in [0.2, 0.25) is 0 Å². The van der Waals surface area contributed by atoms with Crippen molar-refractivity contribution in [2.75, 3.05) is 7.11 Å². The number of aromatic amines is 2. The molecular weight excluding hydrogens is 348 g/mol. The van der Waals surface area contributed by atoms with E-state index >= 15 is 0 Å². The second kappa shape index (κ2) is 6.93. The van der Waals surface area contributed by atoms with Gasteiger partial charge in [0.15, 0.2) is 11.6 Å². The van der Waals surface area contributed by atoms with Gasteiger partial charge in [0.1, 0.15) is 29.4 Å². The Balaban J connectivity index is 1.96. The first-order valence-corrected chi connectivity index (χ1v) is 8.17. The third kappa shape index (κ3) is 3.13. The molecule has 8 nitrogen and oxygen atoms in total. The second-order valence-corrected chi connectivity index (χ2v) is 5.83. The quantitative estimate of drug-likeness (QED) is 0.501. The van der Waals surface area contributed by atoms with Crippen LogP contribution in [-0.4, -0.2) is 32.2 Å². The van der Waals surface area contributed by atoms with Crippen molar-refractivity contribution in [3.63, 3.8) is 0 Å². The minimum Gasteiger partial charge on any atom is -0.501 e. The van der Waals surface area contributed by atoms with Crippen molar-refractivity contribution >= 4 is 0 Å². The molecule has 4 rings (SSSR count). The van der Waals surface area contributed by atoms with Gasteiger partial charge in [-0.3, -0.25) is 4.79 Å². The predicted octanol–water partition coefficient (Wildman–Crippen LogP) is 2.94. The Kier molecular flexibility index (Phi) is 4.31. The lowest BCUT2D eigenvalue weighted by Gasteiger charge is -2.07. The molecule has 0 fully saturated rings. The Morgan fingerprint density at radius 3 is 2.78 bits per heavy atom. The third-order valence-corrected chi connectivity index (χ3v) is 3.99. The van der Waals surface area contributed by atoms with Crippen molar-refractivity contribution in [3.05, 3.63) is 64.9 Å². The summed E-state index contributed by atoms with van der Waals surface area (Å²) < 4.78 is 10.8. The molecule has 0 saturated carbocycles. The van der Waals surface area contributed by atoms with Crippen molar-refractivity contribution in [2.45, 2.75) is 6.61 Å². The molecule has 3 aromatic heterocycles. The second-order valence-electron chi connectivity index (χ2n) is 5.83. The number of methoxy groups -OCH3 is 1. The van der Waals surface area contributed by atoms with Gasteiger partial charge in [-0.15, -0.1) is 0 Å². The van der Waals surface area contributed by atoms with E-state index in [4.69, 9.17) is 9.15 Å². The van der Waals surface area contributed by atoms with Crippen LogP contribution in [-0.2, 0) is 11.3 Å². The molecule has 4 aromatic rings. The van der Waals surface area contributed by atoms with E-state index in [1.165, 1.54) is 19.5 Å². The van der Waals surface area contributed by atoms with E-state index in [9.17, 15) is 9.90 Å². The zero-order valence-corrected chi connectivity index (χ0v) is 14.4. The molecule has 0 aliphatic rings. The monoisotopic (exact) mass is 364 g/mol. The molecule has 8 heteroatoms. The summed E-state index contributed by atoms with van der Waals surface area (Å²) in [6.45, 7) is 0.102. The molecule has 3 heterocycles. The number of rotatable bonds is 5. The lowest BCUT2D eigenvalue weighted by atomic mass is 10.1. The van der Waals surface area contributed by atoms with Gasteiger partial charge in [-0.05, 0) is 0 Å². The maximum atomic E-state index is 12.2. The molecule has 0 atom stereocenters. The van der Waals surface area contributed by atoms with E-state index in [2.05, 4.69) is 19.9 Å². The van der Waals surface area contributed by atoms with Crippen LogP contribution >= 0.6 is 0 Å². The molecule has 0 spiro atoms. The van der Waals surface area contributed by atoms with Gasteiger partial charge in [0.2, 0.25) is 11.2 Å². The summed E-state index contributed by atoms with van der Waals surface area (Å²) >= 11 is 0. The van der Waals surface area contributed by atoms with Crippen LogP contribution < -0.4 is 5.43 Å². The largest absolute Gasteiger partial charge is 0.501 e. The number of hydrogen-bond donors (Lipinski definition) is 3. The molecular formula is C19H16N4O4. The van der Waals surface area contributed by atoms with E-state index in [0.717, 1.165) is 5.56 Å². The fraction of sp³-hybridized carbons (Fsp3) is 0.105. The highest BCUT2D eigenvalue weighted by Crippen LogP contribution is 2.36. The van der Waals surface area contributed by atoms with Crippen molar-refractivity contribution in [1.82, 2.24) is 19.9 Å². The van der Waals surface area contributed by atoms with E-state index in [1.54, 1.807) is 6.20 Å². The minimum absolute atomic E-state index is 0.00617. The van der Waals surface area contributed by atoms with E-state index in [1.807, 2.05) is 30.3 Å². The van der Waals surface area contributed by atoms with Gasteiger partial charge in [0, 0.05) is 18.7 Å². The number of H-pyrrole nitrogens is 2. The van der Waals surface area contributed by atoms with Crippen LogP contribution in [0.25, 0.3) is 34.2 Å². The lowest BCUT2D eigenvalue weighted by Crippen LogP contribution is -2.04. The Morgan fingerprint density at radius 2 is 2.07 bits per heavy atom. The van der Waals surface area contributed by atoms with Gasteiger partial charge in [0.25, 0.3) is 0 Å². The Labute approximate surface area is 153 Å². The summed E-state index contributed by atoms with van der Waals surface area (Å²) in [6, 6.07) is 10.6. The molecule has 3 N–H and O–H groups in total. The van der Waals surface area contributed by atoms with Crippen LogP contribution in [0.5, 0.6) is 5.75 Å². The van der Waals surface area contributed by atoms with Gasteiger partial charge < -0.3 is 24.2 Å². The van der Waals surface area contributed by atoms with E-state index in [0.29, 0.717) is 28.7 Å². The topological polar surface area (TPSA) is 117 Å². The first-order valence-electron chi connectivity index (χ1n) is 8.17. The average Bonchev–Trinajstić information content (AvgIpc) is 3.35. The molecule has 0 radical (unpaired) electrons. The molecule has 27 heavy (non-hydrogen) atoms. The molecule has 0 amide bonds. The highest BCUT2D eigenvalue weighted by atomic mass is 16.5. The van der Waals surface area contributed by atoms with Gasteiger partial charge in [-0.25, -0.2) is 9.97 Å². The van der Waals surface area contributed by atoms with Crippen molar-refractivity contribution in [3.8, 4) is 40.0 Å². The Hall–Kier alpha value is -3.65. The van der Waals surface area contributed by atoms with Crippen LogP contribution in [0.3, 0.4) is 0 Å². The van der Waals surface area contributed by atoms with Crippen molar-refractivity contribution in [1.29, 1.82) is 0 Å². The number of nitrogens with zero attached hydrogens (tertiary/aromatic N) is 2. The lowest BCUT2D eigenvalue weighted by molar-refractivity contribution is 0.162. The minimum atomic E-state index is -0.556. The predicted molar refractivity (Wildman–Crippen MR) is 98.0 cm³/mol. The van der Waals surface area contributed by atoms with Gasteiger partial charge >= 0.3 is 0 Å². The number of nitrogens with one attached hydrogen (secondary N) is 2. The summed E-state index contributed by atoms with van der Waals surface area (Å²) in [5.74, 6) is 0.311. The summed E-state index contributed by atoms with van der Waals surface area (Å²) in [5.41, 5.74) is 1.83. The van der Waals surface area contributed by atoms with Crippen molar-refractivity contribution < 1.29 is 14.3 Å². The Bertz CT molecular complexity index is 1110. The highest BCUT2D eigenvalue weighted by molar-refractivity contribution is 5.80. The van der Waals surface area contributed by atoms with Gasteiger partial charge in [0.05, 0.1) is 12.5 Å². The normalized spacial score (nSPS) is 11.0. The molecule has 0 aliphatic carbocycles. The molecule has 0 aliphatic heterocycles. The summed E-state index contributed by atoms with van der Waals surface area (Å²) in [6.07, 6.45) is 3.16. The molecule has 1 aromatic carbocycles. The zero-order valence-electron chi connectivity index (χ0n) is 14.4. The number of aromatic hydroxyl groups is 1. The standard InChI is InChI=1S/C19H16N4O4/c1-26-9-12-7-14(24)17(25)18(27-12)16-15(11-5-3-2-4-6-11)22-19(23-16)13-8-20-10-21-13/h2-8,10,25H,9H2,1H3,(H,20,21)(H,22,23). The maximum Gasteiger partial charge on any atom is 0.227 e. The number of ether oxygens (including phenoxy) is 1. The third-order valence-electron chi connectivity index (χ3n) is 3.99. The number of aromatic nitrogens is 4. The maximum absolute atomic E-state index is 12.2. The zero-order chi connectivity index (χ0) is 18.8. The van der Waals surface area contributed by atoms with Crippen LogP contribution in [0.4, 0.5) is 0 Å². The molecule has 0 unspecified atom stereocenters. The number of hydrogen-bond acceptors (Lipinski definition) is 6. The molecule has 0 bridgehead atoms. The fourth-order valence-electron chi connectivity index (χ4n) is 2.77. The smallest absolute Gasteiger partial charge is 0.227 e. The average molecular weight is 364 g/mol. The number of benzene rings is 1. The van der Waals surface area contributed by atoms with E-state index < -0.39 is 11.2 Å². The number of imidazole rings is 2. The SMILES string of the molecule is COCc1cc(=O)c(O)c(-c2[nH]c(-c3cnc[nH]3)nc2-c2ccccc2)o1. The van der Waals surface area contributed by atoms with E-state index in [-0.39, 0.29) is 12.4 Å². The Morgan fingerprint density at radius 1 is 1.26 bits per heavy atom. The fourth-order valence-corrected chi connectivity index (χ4v) is 2.77. The van der Waals surface area contributed by atoms with Crippen LogP contribution in [0, 0.1) is 0 Å². The van der Waals surface area contributed by atoms with Gasteiger partial charge in [-0.1, -0.05) is 30.3 Å². The summed E-state index contributed by atoms with van der Waals surface area (Å²) in [4.78, 5) is 26.9. The van der Waals surface area contributed by atoms with Crippen LogP contribution in [0.1, 0.15) is 5.76 Å². The van der Waals surface area contributed by atoms with Crippen LogP contribution in [0.15, 0.2) is 58.1 Å². The van der Waals surface area contributed by atoms with Gasteiger partial charge in [-0.2, -0.15) is 0 Å². The molecule has 136 valence electrons. The summed E-state index contributed by atoms with van der Waals surface area (Å²) in [7, 11) is 1.49. The highest BCUT2D eigenvalue weighted by Gasteiger charge is 2.22. The van der Waals surface area contributed by atoms with Crippen molar-refractivity contribution in [2.24, 2.45) is 0 Å². The molecule has 0 saturated heterocycles. The first kappa shape index (κ1) is 16.8. The summed E-state index contributed by atoms with van der Waals surface area (Å²) in [5, 5.41) is 10.3.